The van der Waals surface area contributed by atoms with Gasteiger partial charge in [-0.15, -0.1) is 11.3 Å². The van der Waals surface area contributed by atoms with Gasteiger partial charge in [0, 0.05) is 56.5 Å². The second kappa shape index (κ2) is 11.2. The number of anilines is 2. The van der Waals surface area contributed by atoms with E-state index in [-0.39, 0.29) is 23.3 Å². The lowest BCUT2D eigenvalue weighted by atomic mass is 9.91. The molecule has 1 aromatic carbocycles. The Hall–Kier alpha value is -2.38. The third kappa shape index (κ3) is 7.86. The maximum absolute atomic E-state index is 13.3. The normalized spacial score (nSPS) is 16.0. The molecule has 2 amide bonds. The quantitative estimate of drug-likeness (QED) is 0.563. The van der Waals surface area contributed by atoms with E-state index >= 15 is 0 Å². The zero-order valence-corrected chi connectivity index (χ0v) is 21.3. The summed E-state index contributed by atoms with van der Waals surface area (Å²) in [6, 6.07) is 9.85. The summed E-state index contributed by atoms with van der Waals surface area (Å²) in [5, 5.41) is 5.00. The lowest BCUT2D eigenvalue weighted by Gasteiger charge is -2.30. The van der Waals surface area contributed by atoms with Gasteiger partial charge in [-0.2, -0.15) is 0 Å². The monoisotopic (exact) mass is 471 g/mol. The van der Waals surface area contributed by atoms with Gasteiger partial charge in [-0.1, -0.05) is 26.8 Å². The molecular formula is C26H37N3O3S. The molecule has 180 valence electrons. The summed E-state index contributed by atoms with van der Waals surface area (Å²) < 4.78 is 5.85. The molecule has 6 nitrogen and oxygen atoms in total. The molecule has 0 spiro atoms. The molecule has 1 aromatic heterocycles. The minimum Gasteiger partial charge on any atom is -0.377 e. The predicted molar refractivity (Wildman–Crippen MR) is 136 cm³/mol. The Morgan fingerprint density at radius 2 is 2.00 bits per heavy atom. The summed E-state index contributed by atoms with van der Waals surface area (Å²) in [5.74, 6) is 0.0934. The Morgan fingerprint density at radius 3 is 2.61 bits per heavy atom. The number of benzene rings is 1. The molecule has 1 fully saturated rings. The van der Waals surface area contributed by atoms with Crippen LogP contribution in [0.1, 0.15) is 50.5 Å². The van der Waals surface area contributed by atoms with E-state index in [1.807, 2.05) is 59.6 Å². The fraction of sp³-hybridized carbons (Fsp3) is 0.538. The second-order valence-electron chi connectivity index (χ2n) is 10.2. The Balaban J connectivity index is 1.80. The predicted octanol–water partition coefficient (Wildman–Crippen LogP) is 4.94. The Kier molecular flexibility index (Phi) is 8.54. The number of thiophene rings is 1. The molecule has 1 saturated heterocycles. The van der Waals surface area contributed by atoms with Crippen LogP contribution in [-0.4, -0.2) is 50.1 Å². The van der Waals surface area contributed by atoms with Gasteiger partial charge in [-0.25, -0.2) is 0 Å². The molecule has 1 atom stereocenters. The molecule has 2 heterocycles. The average molecular weight is 472 g/mol. The summed E-state index contributed by atoms with van der Waals surface area (Å²) in [5.41, 5.74) is 2.70. The van der Waals surface area contributed by atoms with Crippen LogP contribution in [-0.2, 0) is 27.3 Å². The van der Waals surface area contributed by atoms with Gasteiger partial charge in [0.1, 0.15) is 0 Å². The first-order valence-corrected chi connectivity index (χ1v) is 12.5. The van der Waals surface area contributed by atoms with Crippen molar-refractivity contribution in [2.45, 2.75) is 59.1 Å². The van der Waals surface area contributed by atoms with Crippen LogP contribution in [0.2, 0.25) is 0 Å². The zero-order valence-electron chi connectivity index (χ0n) is 20.5. The number of rotatable bonds is 9. The van der Waals surface area contributed by atoms with E-state index in [2.05, 4.69) is 26.1 Å². The zero-order chi connectivity index (χ0) is 24.0. The Bertz CT molecular complexity index is 929. The summed E-state index contributed by atoms with van der Waals surface area (Å²) in [7, 11) is 3.99. The largest absolute Gasteiger partial charge is 0.377 e. The molecule has 0 aliphatic carbocycles. The molecule has 7 heteroatoms. The highest BCUT2D eigenvalue weighted by Gasteiger charge is 2.26. The van der Waals surface area contributed by atoms with Crippen LogP contribution in [0.15, 0.2) is 35.7 Å². The minimum atomic E-state index is -0.0894. The topological polar surface area (TPSA) is 61.9 Å². The van der Waals surface area contributed by atoms with Crippen LogP contribution in [0.5, 0.6) is 0 Å². The van der Waals surface area contributed by atoms with Crippen LogP contribution in [0.25, 0.3) is 0 Å². The van der Waals surface area contributed by atoms with E-state index in [4.69, 9.17) is 4.74 Å². The number of hydrogen-bond acceptors (Lipinski definition) is 5. The van der Waals surface area contributed by atoms with Crippen molar-refractivity contribution in [2.75, 3.05) is 37.5 Å². The molecule has 1 aliphatic rings. The van der Waals surface area contributed by atoms with Crippen molar-refractivity contribution < 1.29 is 14.3 Å². The fourth-order valence-corrected chi connectivity index (χ4v) is 4.77. The highest BCUT2D eigenvalue weighted by atomic mass is 32.1. The van der Waals surface area contributed by atoms with Crippen molar-refractivity contribution in [1.82, 2.24) is 4.90 Å². The van der Waals surface area contributed by atoms with Crippen molar-refractivity contribution in [3.63, 3.8) is 0 Å². The van der Waals surface area contributed by atoms with Gasteiger partial charge < -0.3 is 19.9 Å². The molecule has 1 aliphatic heterocycles. The summed E-state index contributed by atoms with van der Waals surface area (Å²) in [6.07, 6.45) is 2.95. The van der Waals surface area contributed by atoms with Crippen molar-refractivity contribution in [1.29, 1.82) is 0 Å². The molecule has 0 saturated carbocycles. The molecule has 2 aromatic rings. The third-order valence-electron chi connectivity index (χ3n) is 5.60. The summed E-state index contributed by atoms with van der Waals surface area (Å²) in [6.45, 7) is 8.10. The highest BCUT2D eigenvalue weighted by molar-refractivity contribution is 7.10. The van der Waals surface area contributed by atoms with Crippen LogP contribution < -0.4 is 10.2 Å². The third-order valence-corrected chi connectivity index (χ3v) is 6.48. The van der Waals surface area contributed by atoms with Crippen molar-refractivity contribution in [3.8, 4) is 0 Å². The van der Waals surface area contributed by atoms with Gasteiger partial charge in [-0.3, -0.25) is 9.59 Å². The van der Waals surface area contributed by atoms with Gasteiger partial charge in [0.25, 0.3) is 0 Å². The van der Waals surface area contributed by atoms with E-state index in [9.17, 15) is 9.59 Å². The smallest absolute Gasteiger partial charge is 0.229 e. The number of amides is 2. The number of carbonyl (C=O) groups excluding carboxylic acids is 2. The van der Waals surface area contributed by atoms with Crippen molar-refractivity contribution >= 4 is 34.5 Å². The Labute approximate surface area is 201 Å². The van der Waals surface area contributed by atoms with Gasteiger partial charge in [0.05, 0.1) is 12.5 Å². The number of hydrogen-bond donors (Lipinski definition) is 1. The van der Waals surface area contributed by atoms with Gasteiger partial charge >= 0.3 is 0 Å². The van der Waals surface area contributed by atoms with E-state index in [1.165, 1.54) is 0 Å². The molecule has 0 unspecified atom stereocenters. The van der Waals surface area contributed by atoms with E-state index in [0.29, 0.717) is 25.9 Å². The summed E-state index contributed by atoms with van der Waals surface area (Å²) >= 11 is 1.58. The van der Waals surface area contributed by atoms with E-state index < -0.39 is 0 Å². The number of carbonyl (C=O) groups is 2. The minimum absolute atomic E-state index is 0.0407. The molecule has 1 N–H and O–H groups in total. The molecular weight excluding hydrogens is 434 g/mol. The fourth-order valence-electron chi connectivity index (χ4n) is 4.06. The number of nitrogens with zero attached hydrogens (tertiary/aromatic N) is 2. The lowest BCUT2D eigenvalue weighted by Crippen LogP contribution is -2.38. The van der Waals surface area contributed by atoms with Crippen LogP contribution >= 0.6 is 11.3 Å². The number of ether oxygens (including phenoxy) is 1. The SMILES string of the molecule is CN(C)c1ccc(NC(=O)Cc2cccs2)cc1CN(C[C@@H]1CCCO1)C(=O)CC(C)(C)C. The first-order chi connectivity index (χ1) is 15.6. The van der Waals surface area contributed by atoms with Crippen LogP contribution in [0, 0.1) is 5.41 Å². The first-order valence-electron chi connectivity index (χ1n) is 11.6. The van der Waals surface area contributed by atoms with Gasteiger partial charge in [0.15, 0.2) is 0 Å². The van der Waals surface area contributed by atoms with Crippen LogP contribution in [0.3, 0.4) is 0 Å². The maximum atomic E-state index is 13.3. The lowest BCUT2D eigenvalue weighted by molar-refractivity contribution is -0.135. The van der Waals surface area contributed by atoms with Gasteiger partial charge in [-0.05, 0) is 53.5 Å². The summed E-state index contributed by atoms with van der Waals surface area (Å²) in [4.78, 5) is 30.8. The molecule has 3 rings (SSSR count). The maximum Gasteiger partial charge on any atom is 0.229 e. The standard InChI is InChI=1S/C26H37N3O3S/c1-26(2,3)16-25(31)29(18-21-8-6-12-32-21)17-19-14-20(10-11-23(19)28(4)5)27-24(30)15-22-9-7-13-33-22/h7,9-11,13-14,21H,6,8,12,15-18H2,1-5H3,(H,27,30)/t21-/m0/s1. The molecule has 0 radical (unpaired) electrons. The van der Waals surface area contributed by atoms with E-state index in [1.54, 1.807) is 11.3 Å². The Morgan fingerprint density at radius 1 is 1.21 bits per heavy atom. The highest BCUT2D eigenvalue weighted by Crippen LogP contribution is 2.28. The molecule has 33 heavy (non-hydrogen) atoms. The van der Waals surface area contributed by atoms with Crippen molar-refractivity contribution in [2.24, 2.45) is 5.41 Å². The average Bonchev–Trinajstić information content (AvgIpc) is 3.40. The van der Waals surface area contributed by atoms with Gasteiger partial charge in [0.2, 0.25) is 11.8 Å². The molecule has 0 bridgehead atoms. The number of nitrogens with one attached hydrogen (secondary N) is 1. The van der Waals surface area contributed by atoms with Crippen molar-refractivity contribution in [3.05, 3.63) is 46.2 Å². The second-order valence-corrected chi connectivity index (χ2v) is 11.2. The van der Waals surface area contributed by atoms with Crippen LogP contribution in [0.4, 0.5) is 11.4 Å². The first kappa shape index (κ1) is 25.2. The van der Waals surface area contributed by atoms with E-state index in [0.717, 1.165) is 41.3 Å².